The normalized spacial score (nSPS) is 17.0. The predicted molar refractivity (Wildman–Crippen MR) is 102 cm³/mol. The second-order valence-corrected chi connectivity index (χ2v) is 6.29. The molecule has 0 saturated carbocycles. The molecular weight excluding hydrogens is 298 g/mol. The van der Waals surface area contributed by atoms with Crippen LogP contribution in [0.15, 0.2) is 35.3 Å². The summed E-state index contributed by atoms with van der Waals surface area (Å²) in [5.74, 6) is 0.946. The number of rotatable bonds is 8. The quantitative estimate of drug-likeness (QED) is 0.563. The molecule has 0 aromatic heterocycles. The number of hydrogen-bond donors (Lipinski definition) is 2. The molecule has 0 spiro atoms. The molecule has 1 aromatic carbocycles. The van der Waals surface area contributed by atoms with Crippen molar-refractivity contribution in [2.24, 2.45) is 4.99 Å². The first-order valence-corrected chi connectivity index (χ1v) is 9.32. The van der Waals surface area contributed by atoms with Gasteiger partial charge in [-0.3, -0.25) is 14.8 Å². The zero-order valence-corrected chi connectivity index (χ0v) is 15.3. The van der Waals surface area contributed by atoms with Gasteiger partial charge < -0.3 is 10.6 Å². The van der Waals surface area contributed by atoms with Crippen LogP contribution in [-0.4, -0.2) is 68.1 Å². The Morgan fingerprint density at radius 2 is 1.71 bits per heavy atom. The van der Waals surface area contributed by atoms with E-state index in [1.807, 2.05) is 0 Å². The summed E-state index contributed by atoms with van der Waals surface area (Å²) in [4.78, 5) is 9.63. The van der Waals surface area contributed by atoms with Gasteiger partial charge in [0.1, 0.15) is 0 Å². The lowest BCUT2D eigenvalue weighted by molar-refractivity contribution is 0.129. The standard InChI is InChI=1S/C19H33N5/c1-3-10-21-19(20-4-2)22-11-12-23-13-15-24(16-14-23)17-18-8-6-5-7-9-18/h5-9H,3-4,10-17H2,1-2H3,(H2,20,21,22). The van der Waals surface area contributed by atoms with Gasteiger partial charge in [0.2, 0.25) is 0 Å². The zero-order chi connectivity index (χ0) is 17.0. The average Bonchev–Trinajstić information content (AvgIpc) is 2.62. The summed E-state index contributed by atoms with van der Waals surface area (Å²) in [6, 6.07) is 10.8. The Morgan fingerprint density at radius 3 is 2.38 bits per heavy atom. The molecule has 1 aromatic rings. The predicted octanol–water partition coefficient (Wildman–Crippen LogP) is 1.77. The van der Waals surface area contributed by atoms with Crippen LogP contribution < -0.4 is 10.6 Å². The summed E-state index contributed by atoms with van der Waals surface area (Å²) in [5, 5.41) is 6.74. The van der Waals surface area contributed by atoms with Crippen molar-refractivity contribution in [2.75, 3.05) is 52.4 Å². The van der Waals surface area contributed by atoms with E-state index in [2.05, 4.69) is 69.6 Å². The Bertz CT molecular complexity index is 466. The first-order chi connectivity index (χ1) is 11.8. The van der Waals surface area contributed by atoms with E-state index in [0.717, 1.165) is 71.3 Å². The van der Waals surface area contributed by atoms with Crippen molar-refractivity contribution in [2.45, 2.75) is 26.8 Å². The van der Waals surface area contributed by atoms with Crippen molar-refractivity contribution in [3.63, 3.8) is 0 Å². The van der Waals surface area contributed by atoms with E-state index in [1.165, 1.54) is 5.56 Å². The lowest BCUT2D eigenvalue weighted by atomic mass is 10.2. The van der Waals surface area contributed by atoms with E-state index in [4.69, 9.17) is 0 Å². The van der Waals surface area contributed by atoms with Gasteiger partial charge in [-0.25, -0.2) is 0 Å². The fraction of sp³-hybridized carbons (Fsp3) is 0.632. The summed E-state index contributed by atoms with van der Waals surface area (Å²) < 4.78 is 0. The smallest absolute Gasteiger partial charge is 0.191 e. The first-order valence-electron chi connectivity index (χ1n) is 9.32. The third-order valence-corrected chi connectivity index (χ3v) is 4.27. The van der Waals surface area contributed by atoms with Gasteiger partial charge >= 0.3 is 0 Å². The highest BCUT2D eigenvalue weighted by Gasteiger charge is 2.16. The molecule has 1 aliphatic heterocycles. The Balaban J connectivity index is 1.64. The van der Waals surface area contributed by atoms with Crippen molar-refractivity contribution in [1.29, 1.82) is 0 Å². The fourth-order valence-electron chi connectivity index (χ4n) is 2.91. The molecule has 0 aliphatic carbocycles. The van der Waals surface area contributed by atoms with E-state index in [-0.39, 0.29) is 0 Å². The minimum atomic E-state index is 0.882. The molecule has 134 valence electrons. The topological polar surface area (TPSA) is 42.9 Å². The number of aliphatic imine (C=N–C) groups is 1. The number of benzene rings is 1. The summed E-state index contributed by atoms with van der Waals surface area (Å²) in [6.07, 6.45) is 1.08. The van der Waals surface area contributed by atoms with Crippen LogP contribution >= 0.6 is 0 Å². The van der Waals surface area contributed by atoms with Crippen LogP contribution in [0.25, 0.3) is 0 Å². The SMILES string of the molecule is CCCN=C(NCC)NCCN1CCN(Cc2ccccc2)CC1. The molecule has 1 fully saturated rings. The van der Waals surface area contributed by atoms with Crippen LogP contribution in [-0.2, 0) is 6.54 Å². The second kappa shape index (κ2) is 11.0. The van der Waals surface area contributed by atoms with Crippen LogP contribution in [0.1, 0.15) is 25.8 Å². The number of nitrogens with one attached hydrogen (secondary N) is 2. The summed E-state index contributed by atoms with van der Waals surface area (Å²) in [7, 11) is 0. The molecule has 0 atom stereocenters. The second-order valence-electron chi connectivity index (χ2n) is 6.29. The van der Waals surface area contributed by atoms with Crippen LogP contribution in [0.5, 0.6) is 0 Å². The van der Waals surface area contributed by atoms with Crippen molar-refractivity contribution in [3.8, 4) is 0 Å². The van der Waals surface area contributed by atoms with Crippen molar-refractivity contribution < 1.29 is 0 Å². The van der Waals surface area contributed by atoms with Crippen LogP contribution in [0, 0.1) is 0 Å². The van der Waals surface area contributed by atoms with E-state index in [1.54, 1.807) is 0 Å². The summed E-state index contributed by atoms with van der Waals surface area (Å²) in [5.41, 5.74) is 1.41. The van der Waals surface area contributed by atoms with Gasteiger partial charge in [0, 0.05) is 58.9 Å². The minimum Gasteiger partial charge on any atom is -0.357 e. The maximum atomic E-state index is 4.54. The fourth-order valence-corrected chi connectivity index (χ4v) is 2.91. The van der Waals surface area contributed by atoms with Crippen molar-refractivity contribution in [3.05, 3.63) is 35.9 Å². The van der Waals surface area contributed by atoms with Crippen LogP contribution in [0.4, 0.5) is 0 Å². The third kappa shape index (κ3) is 6.89. The molecule has 24 heavy (non-hydrogen) atoms. The Labute approximate surface area is 147 Å². The number of nitrogens with zero attached hydrogens (tertiary/aromatic N) is 3. The van der Waals surface area contributed by atoms with E-state index in [0.29, 0.717) is 0 Å². The van der Waals surface area contributed by atoms with Crippen molar-refractivity contribution >= 4 is 5.96 Å². The van der Waals surface area contributed by atoms with Crippen LogP contribution in [0.3, 0.4) is 0 Å². The van der Waals surface area contributed by atoms with Gasteiger partial charge in [0.15, 0.2) is 5.96 Å². The molecule has 5 heteroatoms. The largest absolute Gasteiger partial charge is 0.357 e. The maximum Gasteiger partial charge on any atom is 0.191 e. The summed E-state index contributed by atoms with van der Waals surface area (Å²) in [6.45, 7) is 13.8. The van der Waals surface area contributed by atoms with Gasteiger partial charge in [0.25, 0.3) is 0 Å². The Hall–Kier alpha value is -1.59. The van der Waals surface area contributed by atoms with E-state index >= 15 is 0 Å². The average molecular weight is 332 g/mol. The highest BCUT2D eigenvalue weighted by Crippen LogP contribution is 2.07. The molecular formula is C19H33N5. The van der Waals surface area contributed by atoms with Crippen LogP contribution in [0.2, 0.25) is 0 Å². The lowest BCUT2D eigenvalue weighted by Crippen LogP contribution is -2.49. The Kier molecular flexibility index (Phi) is 8.63. The highest BCUT2D eigenvalue weighted by molar-refractivity contribution is 5.79. The molecule has 5 nitrogen and oxygen atoms in total. The number of guanidine groups is 1. The van der Waals surface area contributed by atoms with E-state index < -0.39 is 0 Å². The number of hydrogen-bond acceptors (Lipinski definition) is 3. The van der Waals surface area contributed by atoms with Gasteiger partial charge in [-0.15, -0.1) is 0 Å². The zero-order valence-electron chi connectivity index (χ0n) is 15.3. The molecule has 0 radical (unpaired) electrons. The lowest BCUT2D eigenvalue weighted by Gasteiger charge is -2.34. The molecule has 0 amide bonds. The Morgan fingerprint density at radius 1 is 1.00 bits per heavy atom. The van der Waals surface area contributed by atoms with Crippen molar-refractivity contribution in [1.82, 2.24) is 20.4 Å². The maximum absolute atomic E-state index is 4.54. The minimum absolute atomic E-state index is 0.882. The third-order valence-electron chi connectivity index (χ3n) is 4.27. The first kappa shape index (κ1) is 18.7. The van der Waals surface area contributed by atoms with Gasteiger partial charge in [0.05, 0.1) is 0 Å². The molecule has 1 heterocycles. The van der Waals surface area contributed by atoms with Gasteiger partial charge in [-0.05, 0) is 18.9 Å². The monoisotopic (exact) mass is 331 g/mol. The molecule has 0 bridgehead atoms. The van der Waals surface area contributed by atoms with E-state index in [9.17, 15) is 0 Å². The molecule has 2 rings (SSSR count). The number of piperazine rings is 1. The molecule has 1 saturated heterocycles. The van der Waals surface area contributed by atoms with Gasteiger partial charge in [-0.1, -0.05) is 37.3 Å². The summed E-state index contributed by atoms with van der Waals surface area (Å²) >= 11 is 0. The molecule has 1 aliphatic rings. The van der Waals surface area contributed by atoms with Gasteiger partial charge in [-0.2, -0.15) is 0 Å². The molecule has 0 unspecified atom stereocenters. The highest BCUT2D eigenvalue weighted by atomic mass is 15.3. The molecule has 2 N–H and O–H groups in total.